The van der Waals surface area contributed by atoms with Crippen molar-refractivity contribution in [1.82, 2.24) is 19.6 Å². The summed E-state index contributed by atoms with van der Waals surface area (Å²) in [4.78, 5) is 30.9. The fourth-order valence-corrected chi connectivity index (χ4v) is 2.50. The molecule has 20 heavy (non-hydrogen) atoms. The van der Waals surface area contributed by atoms with E-state index in [2.05, 4.69) is 23.9 Å². The van der Waals surface area contributed by atoms with Crippen LogP contribution >= 0.6 is 0 Å². The molecule has 0 spiro atoms. The molecule has 0 atom stereocenters. The molecule has 2 rings (SSSR count). The summed E-state index contributed by atoms with van der Waals surface area (Å²) in [7, 11) is 4.12. The third kappa shape index (κ3) is 3.61. The average Bonchev–Trinajstić information content (AvgIpc) is 2.34. The van der Waals surface area contributed by atoms with E-state index < -0.39 is 5.97 Å². The number of likely N-dealkylation sites (tertiary alicyclic amines) is 1. The fraction of sp³-hybridized carbons (Fsp3) is 0.846. The van der Waals surface area contributed by atoms with Crippen LogP contribution in [0.15, 0.2) is 0 Å². The lowest BCUT2D eigenvalue weighted by molar-refractivity contribution is -0.146. The summed E-state index contributed by atoms with van der Waals surface area (Å²) in [6.45, 7) is 6.04. The number of hydrogen-bond acceptors (Lipinski definition) is 4. The molecule has 7 nitrogen and oxygen atoms in total. The zero-order valence-electron chi connectivity index (χ0n) is 12.3. The molecule has 0 unspecified atom stereocenters. The second kappa shape index (κ2) is 6.41. The predicted molar refractivity (Wildman–Crippen MR) is 74.7 cm³/mol. The van der Waals surface area contributed by atoms with Crippen LogP contribution < -0.4 is 0 Å². The summed E-state index contributed by atoms with van der Waals surface area (Å²) in [5.41, 5.74) is 0. The van der Waals surface area contributed by atoms with Gasteiger partial charge in [0.15, 0.2) is 0 Å². The van der Waals surface area contributed by atoms with Crippen LogP contribution in [0.4, 0.5) is 4.79 Å². The molecule has 2 heterocycles. The van der Waals surface area contributed by atoms with E-state index in [0.717, 1.165) is 39.3 Å². The number of hydrogen-bond donors (Lipinski definition) is 1. The molecule has 114 valence electrons. The molecule has 0 aromatic carbocycles. The molecule has 0 aromatic heterocycles. The number of amides is 2. The molecule has 2 fully saturated rings. The van der Waals surface area contributed by atoms with Gasteiger partial charge in [0.1, 0.15) is 0 Å². The third-order valence-electron chi connectivity index (χ3n) is 4.01. The maximum atomic E-state index is 12.2. The lowest BCUT2D eigenvalue weighted by Gasteiger charge is -2.42. The minimum atomic E-state index is -0.803. The number of likely N-dealkylation sites (N-methyl/N-ethyl adjacent to an activating group) is 1. The van der Waals surface area contributed by atoms with Crippen LogP contribution in [0.3, 0.4) is 0 Å². The van der Waals surface area contributed by atoms with E-state index in [4.69, 9.17) is 5.11 Å². The number of carboxylic acid groups (broad SMARTS) is 1. The van der Waals surface area contributed by atoms with Crippen molar-refractivity contribution < 1.29 is 14.7 Å². The van der Waals surface area contributed by atoms with Gasteiger partial charge in [-0.2, -0.15) is 0 Å². The highest BCUT2D eigenvalue weighted by molar-refractivity contribution is 5.79. The Hall–Kier alpha value is -1.34. The Kier molecular flexibility index (Phi) is 4.82. The quantitative estimate of drug-likeness (QED) is 0.739. The van der Waals surface area contributed by atoms with E-state index in [1.165, 1.54) is 0 Å². The summed E-state index contributed by atoms with van der Waals surface area (Å²) >= 11 is 0. The van der Waals surface area contributed by atoms with Crippen molar-refractivity contribution in [3.8, 4) is 0 Å². The van der Waals surface area contributed by atoms with Gasteiger partial charge in [-0.05, 0) is 14.1 Å². The second-order valence-electron chi connectivity index (χ2n) is 5.85. The maximum absolute atomic E-state index is 12.2. The summed E-state index contributed by atoms with van der Waals surface area (Å²) in [5.74, 6) is -1.18. The molecule has 2 aliphatic rings. The number of urea groups is 1. The minimum Gasteiger partial charge on any atom is -0.481 e. The molecule has 1 N–H and O–H groups in total. The first kappa shape index (κ1) is 15.1. The molecule has 2 saturated heterocycles. The second-order valence-corrected chi connectivity index (χ2v) is 5.85. The van der Waals surface area contributed by atoms with Crippen LogP contribution in [0.5, 0.6) is 0 Å². The highest BCUT2D eigenvalue weighted by Gasteiger charge is 2.38. The van der Waals surface area contributed by atoms with Crippen molar-refractivity contribution in [2.45, 2.75) is 0 Å². The number of nitrogens with zero attached hydrogens (tertiary/aromatic N) is 4. The monoisotopic (exact) mass is 284 g/mol. The van der Waals surface area contributed by atoms with Crippen LogP contribution in [-0.4, -0.2) is 103 Å². The Morgan fingerprint density at radius 2 is 1.70 bits per heavy atom. The molecule has 0 aromatic rings. The zero-order valence-corrected chi connectivity index (χ0v) is 12.3. The first-order valence-corrected chi connectivity index (χ1v) is 7.11. The summed E-state index contributed by atoms with van der Waals surface area (Å²) < 4.78 is 0. The number of rotatable bonds is 4. The van der Waals surface area contributed by atoms with Crippen molar-refractivity contribution >= 4 is 12.0 Å². The number of piperazine rings is 1. The van der Waals surface area contributed by atoms with E-state index in [1.807, 2.05) is 4.90 Å². The first-order chi connectivity index (χ1) is 9.47. The highest BCUT2D eigenvalue weighted by Crippen LogP contribution is 2.18. The van der Waals surface area contributed by atoms with E-state index in [-0.39, 0.29) is 11.9 Å². The summed E-state index contributed by atoms with van der Waals surface area (Å²) in [5, 5.41) is 8.82. The fourth-order valence-electron chi connectivity index (χ4n) is 2.50. The lowest BCUT2D eigenvalue weighted by Crippen LogP contribution is -2.60. The molecule has 7 heteroatoms. The van der Waals surface area contributed by atoms with Gasteiger partial charge < -0.3 is 19.8 Å². The van der Waals surface area contributed by atoms with Crippen LogP contribution in [0.2, 0.25) is 0 Å². The van der Waals surface area contributed by atoms with Gasteiger partial charge in [0.05, 0.1) is 5.92 Å². The molecular formula is C13H24N4O3. The average molecular weight is 284 g/mol. The summed E-state index contributed by atoms with van der Waals surface area (Å²) in [6.07, 6.45) is 0. The van der Waals surface area contributed by atoms with Gasteiger partial charge in [-0.25, -0.2) is 4.79 Å². The van der Waals surface area contributed by atoms with Gasteiger partial charge >= 0.3 is 12.0 Å². The van der Waals surface area contributed by atoms with Crippen molar-refractivity contribution in [2.24, 2.45) is 5.92 Å². The highest BCUT2D eigenvalue weighted by atomic mass is 16.4. The minimum absolute atomic E-state index is 0.00485. The van der Waals surface area contributed by atoms with Crippen LogP contribution in [0, 0.1) is 5.92 Å². The number of carbonyl (C=O) groups is 2. The van der Waals surface area contributed by atoms with Gasteiger partial charge in [0.25, 0.3) is 0 Å². The van der Waals surface area contributed by atoms with E-state index in [1.54, 1.807) is 4.90 Å². The Morgan fingerprint density at radius 3 is 2.20 bits per heavy atom. The Labute approximate surface area is 119 Å². The van der Waals surface area contributed by atoms with Crippen LogP contribution in [0.1, 0.15) is 0 Å². The van der Waals surface area contributed by atoms with Gasteiger partial charge in [-0.3, -0.25) is 9.69 Å². The van der Waals surface area contributed by atoms with Gasteiger partial charge in [-0.1, -0.05) is 0 Å². The molecule has 2 amide bonds. The molecule has 0 saturated carbocycles. The van der Waals surface area contributed by atoms with E-state index in [0.29, 0.717) is 13.1 Å². The topological polar surface area (TPSA) is 67.3 Å². The van der Waals surface area contributed by atoms with Crippen molar-refractivity contribution in [3.05, 3.63) is 0 Å². The van der Waals surface area contributed by atoms with Crippen LogP contribution in [-0.2, 0) is 4.79 Å². The van der Waals surface area contributed by atoms with Gasteiger partial charge in [0, 0.05) is 52.4 Å². The molecule has 2 aliphatic heterocycles. The Morgan fingerprint density at radius 1 is 1.10 bits per heavy atom. The first-order valence-electron chi connectivity index (χ1n) is 7.11. The normalized spacial score (nSPS) is 21.1. The number of carboxylic acids is 1. The van der Waals surface area contributed by atoms with E-state index in [9.17, 15) is 9.59 Å². The van der Waals surface area contributed by atoms with E-state index >= 15 is 0 Å². The number of carbonyl (C=O) groups excluding carboxylic acids is 1. The zero-order chi connectivity index (χ0) is 14.7. The van der Waals surface area contributed by atoms with Gasteiger partial charge in [-0.15, -0.1) is 0 Å². The molecule has 0 bridgehead atoms. The third-order valence-corrected chi connectivity index (χ3v) is 4.01. The molecule has 0 radical (unpaired) electrons. The largest absolute Gasteiger partial charge is 0.481 e. The Bertz CT molecular complexity index is 361. The SMILES string of the molecule is CN(C)CCN1CCN(C(=O)N2CC(C(=O)O)C2)CC1. The summed E-state index contributed by atoms with van der Waals surface area (Å²) in [6, 6.07) is -0.00485. The Balaban J connectivity index is 1.69. The molecular weight excluding hydrogens is 260 g/mol. The van der Waals surface area contributed by atoms with Crippen molar-refractivity contribution in [2.75, 3.05) is 66.5 Å². The van der Waals surface area contributed by atoms with Crippen LogP contribution in [0.25, 0.3) is 0 Å². The smallest absolute Gasteiger partial charge is 0.320 e. The van der Waals surface area contributed by atoms with Gasteiger partial charge in [0.2, 0.25) is 0 Å². The van der Waals surface area contributed by atoms with Crippen molar-refractivity contribution in [1.29, 1.82) is 0 Å². The maximum Gasteiger partial charge on any atom is 0.320 e. The molecule has 0 aliphatic carbocycles. The standard InChI is InChI=1S/C13H24N4O3/c1-14(2)3-4-15-5-7-16(8-6-15)13(20)17-9-11(10-17)12(18)19/h11H,3-10H2,1-2H3,(H,18,19). The predicted octanol–water partition coefficient (Wildman–Crippen LogP) is -0.698. The number of aliphatic carboxylic acids is 1. The van der Waals surface area contributed by atoms with Crippen molar-refractivity contribution in [3.63, 3.8) is 0 Å². The lowest BCUT2D eigenvalue weighted by atomic mass is 10.0.